The van der Waals surface area contributed by atoms with E-state index >= 15 is 0 Å². The lowest BCUT2D eigenvalue weighted by Gasteiger charge is -2.00. The molecule has 0 atom stereocenters. The average Bonchev–Trinajstić information content (AvgIpc) is 3.04. The molecule has 1 heterocycles. The molecule has 2 aromatic rings. The Labute approximate surface area is 114 Å². The van der Waals surface area contributed by atoms with Gasteiger partial charge in [-0.05, 0) is 37.0 Å². The number of fused-ring (bicyclic) bond motifs is 1. The van der Waals surface area contributed by atoms with Crippen LogP contribution in [0.15, 0.2) is 22.7 Å². The zero-order valence-corrected chi connectivity index (χ0v) is 12.0. The molecule has 0 unspecified atom stereocenters. The number of nitrogens with one attached hydrogen (secondary N) is 1. The van der Waals surface area contributed by atoms with Crippen molar-refractivity contribution in [1.82, 2.24) is 4.98 Å². The van der Waals surface area contributed by atoms with Gasteiger partial charge in [0.2, 0.25) is 0 Å². The van der Waals surface area contributed by atoms with Gasteiger partial charge < -0.3 is 5.32 Å². The molecule has 1 aromatic carbocycles. The Morgan fingerprint density at radius 1 is 1.41 bits per heavy atom. The number of halogens is 1. The van der Waals surface area contributed by atoms with Gasteiger partial charge in [0.15, 0.2) is 5.13 Å². The Morgan fingerprint density at radius 3 is 3.12 bits per heavy atom. The lowest BCUT2D eigenvalue weighted by molar-refractivity contribution is 0.687. The molecular weight excluding hydrogens is 296 g/mol. The Bertz CT molecular complexity index is 519. The molecule has 2 nitrogen and oxygen atoms in total. The molecule has 0 bridgehead atoms. The summed E-state index contributed by atoms with van der Waals surface area (Å²) in [6.45, 7) is 1.05. The first-order valence-electron chi connectivity index (χ1n) is 6.11. The van der Waals surface area contributed by atoms with Gasteiger partial charge in [-0.25, -0.2) is 4.98 Å². The number of nitrogens with zero attached hydrogens (tertiary/aromatic N) is 1. The fourth-order valence-electron chi connectivity index (χ4n) is 1.97. The molecule has 0 spiro atoms. The highest BCUT2D eigenvalue weighted by molar-refractivity contribution is 9.10. The molecule has 1 aliphatic rings. The van der Waals surface area contributed by atoms with E-state index in [1.807, 2.05) is 6.07 Å². The maximum absolute atomic E-state index is 4.57. The molecule has 0 aliphatic heterocycles. The van der Waals surface area contributed by atoms with Crippen molar-refractivity contribution < 1.29 is 0 Å². The average molecular weight is 311 g/mol. The minimum absolute atomic E-state index is 1.03. The van der Waals surface area contributed by atoms with E-state index in [4.69, 9.17) is 0 Å². The number of rotatable bonds is 5. The topological polar surface area (TPSA) is 24.9 Å². The van der Waals surface area contributed by atoms with Gasteiger partial charge in [0.05, 0.1) is 10.2 Å². The summed E-state index contributed by atoms with van der Waals surface area (Å²) in [6.07, 6.45) is 5.55. The van der Waals surface area contributed by atoms with Crippen LogP contribution < -0.4 is 5.32 Å². The largest absolute Gasteiger partial charge is 0.361 e. The number of anilines is 1. The Balaban J connectivity index is 1.60. The van der Waals surface area contributed by atoms with E-state index in [9.17, 15) is 0 Å². The summed E-state index contributed by atoms with van der Waals surface area (Å²) >= 11 is 5.22. The lowest BCUT2D eigenvalue weighted by Crippen LogP contribution is -2.00. The van der Waals surface area contributed by atoms with Crippen LogP contribution in [-0.4, -0.2) is 11.5 Å². The van der Waals surface area contributed by atoms with Gasteiger partial charge in [0.25, 0.3) is 0 Å². The van der Waals surface area contributed by atoms with Gasteiger partial charge in [-0.2, -0.15) is 0 Å². The van der Waals surface area contributed by atoms with Gasteiger partial charge >= 0.3 is 0 Å². The maximum Gasteiger partial charge on any atom is 0.183 e. The third-order valence-corrected chi connectivity index (χ3v) is 4.58. The Kier molecular flexibility index (Phi) is 3.34. The summed E-state index contributed by atoms with van der Waals surface area (Å²) in [5, 5.41) is 4.48. The maximum atomic E-state index is 4.57. The SMILES string of the molecule is Brc1ccc2nc(NCCCC3CC3)sc2c1. The van der Waals surface area contributed by atoms with Crippen LogP contribution in [0.25, 0.3) is 10.2 Å². The van der Waals surface area contributed by atoms with Gasteiger partial charge in [-0.1, -0.05) is 40.1 Å². The highest BCUT2D eigenvalue weighted by Gasteiger charge is 2.19. The summed E-state index contributed by atoms with van der Waals surface area (Å²) in [5.41, 5.74) is 1.09. The highest BCUT2D eigenvalue weighted by atomic mass is 79.9. The minimum atomic E-state index is 1.03. The van der Waals surface area contributed by atoms with E-state index in [2.05, 4.69) is 38.4 Å². The van der Waals surface area contributed by atoms with E-state index in [1.54, 1.807) is 11.3 Å². The van der Waals surface area contributed by atoms with Crippen LogP contribution in [0.5, 0.6) is 0 Å². The fraction of sp³-hybridized carbons (Fsp3) is 0.462. The summed E-state index contributed by atoms with van der Waals surface area (Å²) < 4.78 is 2.36. The Morgan fingerprint density at radius 2 is 2.29 bits per heavy atom. The molecule has 90 valence electrons. The van der Waals surface area contributed by atoms with Crippen LogP contribution in [-0.2, 0) is 0 Å². The second kappa shape index (κ2) is 4.94. The molecule has 4 heteroatoms. The van der Waals surface area contributed by atoms with Crippen molar-refractivity contribution >= 4 is 42.6 Å². The third kappa shape index (κ3) is 2.99. The fourth-order valence-corrected chi connectivity index (χ4v) is 3.41. The van der Waals surface area contributed by atoms with E-state index < -0.39 is 0 Å². The first kappa shape index (κ1) is 11.5. The second-order valence-corrected chi connectivity index (χ2v) is 6.59. The Hall–Kier alpha value is -0.610. The van der Waals surface area contributed by atoms with E-state index in [0.29, 0.717) is 0 Å². The molecule has 1 aliphatic carbocycles. The van der Waals surface area contributed by atoms with Crippen LogP contribution in [0.2, 0.25) is 0 Å². The summed E-state index contributed by atoms with van der Waals surface area (Å²) in [6, 6.07) is 6.23. The lowest BCUT2D eigenvalue weighted by atomic mass is 10.2. The molecule has 1 aromatic heterocycles. The van der Waals surface area contributed by atoms with Gasteiger partial charge in [0.1, 0.15) is 0 Å². The van der Waals surface area contributed by atoms with Crippen molar-refractivity contribution in [1.29, 1.82) is 0 Å². The molecule has 1 saturated carbocycles. The summed E-state index contributed by atoms with van der Waals surface area (Å²) in [4.78, 5) is 4.57. The van der Waals surface area contributed by atoms with Crippen molar-refractivity contribution in [3.8, 4) is 0 Å². The summed E-state index contributed by atoms with van der Waals surface area (Å²) in [7, 11) is 0. The van der Waals surface area contributed by atoms with Gasteiger partial charge in [-0.15, -0.1) is 0 Å². The molecule has 1 N–H and O–H groups in total. The van der Waals surface area contributed by atoms with E-state index in [-0.39, 0.29) is 0 Å². The van der Waals surface area contributed by atoms with Crippen molar-refractivity contribution in [3.63, 3.8) is 0 Å². The molecule has 3 rings (SSSR count). The quantitative estimate of drug-likeness (QED) is 0.812. The smallest absolute Gasteiger partial charge is 0.183 e. The number of hydrogen-bond acceptors (Lipinski definition) is 3. The van der Waals surface area contributed by atoms with E-state index in [1.165, 1.54) is 30.4 Å². The zero-order chi connectivity index (χ0) is 11.7. The number of benzene rings is 1. The van der Waals surface area contributed by atoms with Crippen LogP contribution in [0.3, 0.4) is 0 Å². The molecule has 1 fully saturated rings. The van der Waals surface area contributed by atoms with Crippen molar-refractivity contribution in [3.05, 3.63) is 22.7 Å². The highest BCUT2D eigenvalue weighted by Crippen LogP contribution is 2.33. The van der Waals surface area contributed by atoms with Gasteiger partial charge in [-0.3, -0.25) is 0 Å². The number of thiazole rings is 1. The minimum Gasteiger partial charge on any atom is -0.361 e. The second-order valence-electron chi connectivity index (χ2n) is 4.64. The number of aromatic nitrogens is 1. The van der Waals surface area contributed by atoms with Crippen molar-refractivity contribution in [2.75, 3.05) is 11.9 Å². The number of hydrogen-bond donors (Lipinski definition) is 1. The predicted octanol–water partition coefficient (Wildman–Crippen LogP) is 4.66. The molecular formula is C13H15BrN2S. The first-order chi connectivity index (χ1) is 8.31. The van der Waals surface area contributed by atoms with Crippen LogP contribution in [0, 0.1) is 5.92 Å². The third-order valence-electron chi connectivity index (χ3n) is 3.11. The first-order valence-corrected chi connectivity index (χ1v) is 7.72. The molecule has 0 radical (unpaired) electrons. The molecule has 0 amide bonds. The normalized spacial score (nSPS) is 15.4. The summed E-state index contributed by atoms with van der Waals surface area (Å²) in [5.74, 6) is 1.03. The molecule has 17 heavy (non-hydrogen) atoms. The van der Waals surface area contributed by atoms with Crippen LogP contribution in [0.4, 0.5) is 5.13 Å². The van der Waals surface area contributed by atoms with E-state index in [0.717, 1.165) is 27.6 Å². The standard InChI is InChI=1S/C13H15BrN2S/c14-10-5-6-11-12(8-10)17-13(16-11)15-7-1-2-9-3-4-9/h5-6,8-9H,1-4,7H2,(H,15,16). The van der Waals surface area contributed by atoms with Crippen molar-refractivity contribution in [2.45, 2.75) is 25.7 Å². The zero-order valence-electron chi connectivity index (χ0n) is 9.58. The predicted molar refractivity (Wildman–Crippen MR) is 77.8 cm³/mol. The van der Waals surface area contributed by atoms with Crippen molar-refractivity contribution in [2.24, 2.45) is 5.92 Å². The van der Waals surface area contributed by atoms with Crippen LogP contribution in [0.1, 0.15) is 25.7 Å². The van der Waals surface area contributed by atoms with Crippen LogP contribution >= 0.6 is 27.3 Å². The monoisotopic (exact) mass is 310 g/mol. The van der Waals surface area contributed by atoms with Gasteiger partial charge in [0, 0.05) is 11.0 Å². The molecule has 0 saturated heterocycles.